The number of sulfonamides is 1. The molecular formula is C34H43FN6O10S. The zero-order valence-corrected chi connectivity index (χ0v) is 29.8. The Morgan fingerprint density at radius 3 is 2.56 bits per heavy atom. The molecule has 0 spiro atoms. The highest BCUT2D eigenvalue weighted by Crippen LogP contribution is 2.46. The van der Waals surface area contributed by atoms with Gasteiger partial charge in [-0.15, -0.1) is 0 Å². The Morgan fingerprint density at radius 2 is 1.88 bits per heavy atom. The van der Waals surface area contributed by atoms with Crippen LogP contribution in [-0.2, 0) is 24.4 Å². The molecule has 2 aliphatic heterocycles. The molecule has 2 saturated carbocycles. The molecule has 0 unspecified atom stereocenters. The number of benzene rings is 1. The van der Waals surface area contributed by atoms with Crippen molar-refractivity contribution >= 4 is 44.9 Å². The Labute approximate surface area is 299 Å². The second kappa shape index (κ2) is 14.4. The van der Waals surface area contributed by atoms with E-state index in [-0.39, 0.29) is 48.0 Å². The van der Waals surface area contributed by atoms with Gasteiger partial charge in [-0.05, 0) is 50.4 Å². The zero-order valence-electron chi connectivity index (χ0n) is 29.0. The number of ether oxygens (including phenoxy) is 2. The van der Waals surface area contributed by atoms with Crippen molar-refractivity contribution in [3.05, 3.63) is 30.1 Å². The number of nitrogens with zero attached hydrogens (tertiary/aromatic N) is 3. The third-order valence-corrected chi connectivity index (χ3v) is 12.2. The minimum Gasteiger partial charge on any atom is -0.494 e. The second-order valence-corrected chi connectivity index (χ2v) is 16.2. The van der Waals surface area contributed by atoms with Gasteiger partial charge < -0.3 is 35.2 Å². The highest BCUT2D eigenvalue weighted by molar-refractivity contribution is 7.91. The molecule has 6 rings (SSSR count). The number of rotatable bonds is 8. The van der Waals surface area contributed by atoms with Crippen LogP contribution in [0.25, 0.3) is 11.0 Å². The Bertz CT molecular complexity index is 1910. The Morgan fingerprint density at radius 1 is 1.15 bits per heavy atom. The summed E-state index contributed by atoms with van der Waals surface area (Å²) in [5.41, 5.74) is -1.46. The first-order valence-electron chi connectivity index (χ1n) is 17.4. The van der Waals surface area contributed by atoms with Crippen LogP contribution in [0.15, 0.2) is 24.3 Å². The highest BCUT2D eigenvalue weighted by atomic mass is 32.2. The first kappa shape index (κ1) is 37.0. The van der Waals surface area contributed by atoms with Crippen LogP contribution in [0.4, 0.5) is 9.18 Å². The van der Waals surface area contributed by atoms with Crippen LogP contribution in [-0.4, -0.2) is 99.9 Å². The van der Waals surface area contributed by atoms with Crippen LogP contribution < -0.4 is 24.8 Å². The molecule has 7 atom stereocenters. The number of nitrogens with one attached hydrogen (secondary N) is 3. The number of hydrogen-bond donors (Lipinski definition) is 5. The quantitative estimate of drug-likeness (QED) is 0.246. The fraction of sp³-hybridized carbons (Fsp3) is 0.588. The van der Waals surface area contributed by atoms with E-state index in [2.05, 4.69) is 25.3 Å². The Balaban J connectivity index is 1.35. The van der Waals surface area contributed by atoms with Gasteiger partial charge in [-0.2, -0.15) is 0 Å². The van der Waals surface area contributed by atoms with Crippen LogP contribution in [0.3, 0.4) is 0 Å². The maximum absolute atomic E-state index is 14.4. The molecule has 1 aromatic carbocycles. The van der Waals surface area contributed by atoms with Crippen molar-refractivity contribution in [1.82, 2.24) is 30.2 Å². The number of hydrogen-bond acceptors (Lipinski definition) is 11. The van der Waals surface area contributed by atoms with E-state index in [1.54, 1.807) is 6.08 Å². The first-order valence-corrected chi connectivity index (χ1v) is 19.0. The number of carboxylic acid groups (broad SMARTS) is 1. The zero-order chi connectivity index (χ0) is 37.5. The summed E-state index contributed by atoms with van der Waals surface area (Å²) >= 11 is 0. The largest absolute Gasteiger partial charge is 0.494 e. The lowest BCUT2D eigenvalue weighted by Crippen LogP contribution is -2.59. The van der Waals surface area contributed by atoms with Gasteiger partial charge in [-0.3, -0.25) is 19.1 Å². The average molecular weight is 747 g/mol. The normalized spacial score (nSPS) is 29.6. The lowest BCUT2D eigenvalue weighted by molar-refractivity contribution is -0.142. The van der Waals surface area contributed by atoms with Crippen molar-refractivity contribution in [2.75, 3.05) is 13.7 Å². The summed E-state index contributed by atoms with van der Waals surface area (Å²) in [7, 11) is -2.68. The number of allylic oxidation sites excluding steroid dienone is 1. The average Bonchev–Trinajstić information content (AvgIpc) is 4.01. The molecule has 282 valence electrons. The van der Waals surface area contributed by atoms with Crippen molar-refractivity contribution in [1.29, 1.82) is 0 Å². The molecule has 1 saturated heterocycles. The lowest BCUT2D eigenvalue weighted by Gasteiger charge is -2.33. The van der Waals surface area contributed by atoms with E-state index in [0.29, 0.717) is 38.5 Å². The van der Waals surface area contributed by atoms with E-state index in [9.17, 15) is 42.2 Å². The summed E-state index contributed by atoms with van der Waals surface area (Å²) in [6.45, 7) is 3.61. The maximum atomic E-state index is 14.4. The smallest absolute Gasteiger partial charge is 0.405 e. The van der Waals surface area contributed by atoms with Gasteiger partial charge in [-0.1, -0.05) is 32.4 Å². The summed E-state index contributed by atoms with van der Waals surface area (Å²) in [6, 6.07) is -0.230. The van der Waals surface area contributed by atoms with Gasteiger partial charge in [0, 0.05) is 24.5 Å². The number of methoxy groups -OCH3 is 1. The van der Waals surface area contributed by atoms with Gasteiger partial charge in [0.2, 0.25) is 21.8 Å². The maximum Gasteiger partial charge on any atom is 0.405 e. The molecule has 1 aromatic heterocycles. The number of aromatic hydroxyl groups is 1. The number of amides is 4. The molecule has 2 aliphatic carbocycles. The van der Waals surface area contributed by atoms with Gasteiger partial charge in [0.25, 0.3) is 17.7 Å². The summed E-state index contributed by atoms with van der Waals surface area (Å²) in [5, 5.41) is 24.9. The molecule has 3 fully saturated rings. The van der Waals surface area contributed by atoms with E-state index in [0.717, 1.165) is 6.07 Å². The van der Waals surface area contributed by atoms with E-state index in [4.69, 9.17) is 9.47 Å². The molecule has 0 radical (unpaired) electrons. The van der Waals surface area contributed by atoms with E-state index in [1.807, 2.05) is 19.9 Å². The lowest BCUT2D eigenvalue weighted by atomic mass is 9.85. The molecule has 52 heavy (non-hydrogen) atoms. The second-order valence-electron chi connectivity index (χ2n) is 14.2. The van der Waals surface area contributed by atoms with Crippen molar-refractivity contribution in [3.63, 3.8) is 0 Å². The minimum absolute atomic E-state index is 0.0134. The fourth-order valence-corrected chi connectivity index (χ4v) is 8.64. The minimum atomic E-state index is -3.95. The third-order valence-electron chi connectivity index (χ3n) is 10.4. The molecular weight excluding hydrogens is 703 g/mol. The Kier molecular flexibility index (Phi) is 10.2. The molecule has 4 aliphatic rings. The molecule has 0 bridgehead atoms. The number of carbonyl (C=O) groups excluding carboxylic acids is 3. The van der Waals surface area contributed by atoms with Crippen LogP contribution in [0.2, 0.25) is 0 Å². The molecule has 5 N–H and O–H groups in total. The number of fused-ring (bicyclic) bond motifs is 3. The van der Waals surface area contributed by atoms with Gasteiger partial charge >= 0.3 is 6.09 Å². The van der Waals surface area contributed by atoms with Gasteiger partial charge in [0.1, 0.15) is 23.7 Å². The third kappa shape index (κ3) is 7.56. The molecule has 16 nitrogen and oxygen atoms in total. The van der Waals surface area contributed by atoms with E-state index < -0.39 is 86.3 Å². The predicted octanol–water partition coefficient (Wildman–Crippen LogP) is 2.35. The molecule has 4 amide bonds. The molecule has 3 heterocycles. The van der Waals surface area contributed by atoms with Crippen molar-refractivity contribution in [3.8, 4) is 17.5 Å². The van der Waals surface area contributed by atoms with Crippen LogP contribution >= 0.6 is 0 Å². The highest BCUT2D eigenvalue weighted by Gasteiger charge is 2.62. The summed E-state index contributed by atoms with van der Waals surface area (Å²) in [6.07, 6.45) is 4.36. The standard InChI is InChI=1S/C34H43FN6O10S/c1-4-18-11-17(2)7-5-6-8-19-15-34(19,32(45)40-52(48,49)21-9-10-21)39-28(42)25-12-20(16-41(25)31(44)27(18)38-33(46)47)51-30-29(43)36-23-13-22(35)26(50-3)14-24(23)37-30/h6,8,13-14,17-21,25,27,38H,4-5,7,9-12,15-16H2,1-3H3,(H,36,43)(H,39,42)(H,40,45)(H,46,47)/t17-,18-,19-,20-,25+,27+,34-/m1/s1. The van der Waals surface area contributed by atoms with E-state index in [1.165, 1.54) is 18.1 Å². The summed E-state index contributed by atoms with van der Waals surface area (Å²) < 4.78 is 53.0. The number of halogens is 1. The van der Waals surface area contributed by atoms with Crippen LogP contribution in [0.5, 0.6) is 17.5 Å². The monoisotopic (exact) mass is 746 g/mol. The van der Waals surface area contributed by atoms with Gasteiger partial charge in [0.15, 0.2) is 11.6 Å². The van der Waals surface area contributed by atoms with Gasteiger partial charge in [0.05, 0.1) is 29.9 Å². The fourth-order valence-electron chi connectivity index (χ4n) is 7.28. The topological polar surface area (TPSA) is 226 Å². The van der Waals surface area contributed by atoms with Crippen molar-refractivity contribution in [2.45, 2.75) is 94.2 Å². The SMILES string of the molecule is CC[C@@H]1C[C@H](C)CCC=C[C@@H]2C[C@@]2(C(=O)NS(=O)(=O)C2CC2)NC(=O)[C@@H]2C[C@@H](Oc3nc4cc(OC)c(F)cc4nc3O)CN2C(=O)[C@H]1NC(=O)O. The van der Waals surface area contributed by atoms with Crippen LogP contribution in [0, 0.1) is 23.6 Å². The predicted molar refractivity (Wildman–Crippen MR) is 182 cm³/mol. The number of carbonyl (C=O) groups is 4. The first-order chi connectivity index (χ1) is 24.6. The number of aromatic nitrogens is 2. The Hall–Kier alpha value is -4.74. The van der Waals surface area contributed by atoms with Crippen LogP contribution in [0.1, 0.15) is 65.2 Å². The summed E-state index contributed by atoms with van der Waals surface area (Å²) in [5.74, 6) is -5.08. The van der Waals surface area contributed by atoms with Gasteiger partial charge in [-0.25, -0.2) is 27.6 Å². The molecule has 18 heteroatoms. The van der Waals surface area contributed by atoms with Crippen molar-refractivity contribution < 1.29 is 51.7 Å². The summed E-state index contributed by atoms with van der Waals surface area (Å²) in [4.78, 5) is 63.7. The van der Waals surface area contributed by atoms with Crippen molar-refractivity contribution in [2.24, 2.45) is 17.8 Å². The molecule has 2 aromatic rings. The van der Waals surface area contributed by atoms with E-state index >= 15 is 0 Å².